The molecule has 3 rings (SSSR count). The normalized spacial score (nSPS) is 34.5. The molecule has 2 bridgehead atoms. The van der Waals surface area contributed by atoms with Gasteiger partial charge in [-0.1, -0.05) is 6.42 Å². The molecule has 88 valence electrons. The molecular formula is C13H19NOS. The van der Waals surface area contributed by atoms with Crippen molar-refractivity contribution < 1.29 is 5.11 Å². The highest BCUT2D eigenvalue weighted by molar-refractivity contribution is 7.11. The quantitative estimate of drug-likeness (QED) is 0.875. The maximum atomic E-state index is 10.2. The molecule has 4 unspecified atom stereocenters. The van der Waals surface area contributed by atoms with E-state index in [1.807, 2.05) is 13.1 Å². The van der Waals surface area contributed by atoms with Crippen LogP contribution in [0.2, 0.25) is 0 Å². The second-order valence-electron chi connectivity index (χ2n) is 5.47. The number of hydrogen-bond donors (Lipinski definition) is 1. The molecule has 0 saturated heterocycles. The summed E-state index contributed by atoms with van der Waals surface area (Å²) in [5, 5.41) is 11.3. The Labute approximate surface area is 101 Å². The summed E-state index contributed by atoms with van der Waals surface area (Å²) in [6.45, 7) is 2.00. The summed E-state index contributed by atoms with van der Waals surface area (Å²) in [4.78, 5) is 5.27. The Morgan fingerprint density at radius 3 is 2.94 bits per heavy atom. The van der Waals surface area contributed by atoms with Gasteiger partial charge >= 0.3 is 0 Å². The van der Waals surface area contributed by atoms with Gasteiger partial charge in [-0.3, -0.25) is 0 Å². The van der Waals surface area contributed by atoms with Crippen LogP contribution in [0, 0.1) is 24.7 Å². The van der Waals surface area contributed by atoms with Gasteiger partial charge in [0.15, 0.2) is 0 Å². The van der Waals surface area contributed by atoms with Crippen LogP contribution in [-0.2, 0) is 0 Å². The second kappa shape index (κ2) is 4.11. The molecule has 4 atom stereocenters. The van der Waals surface area contributed by atoms with Gasteiger partial charge in [0, 0.05) is 6.20 Å². The van der Waals surface area contributed by atoms with Crippen LogP contribution in [0.25, 0.3) is 0 Å². The summed E-state index contributed by atoms with van der Waals surface area (Å²) in [5.74, 6) is 2.66. The van der Waals surface area contributed by atoms with Crippen LogP contribution in [0.15, 0.2) is 6.20 Å². The molecule has 0 spiro atoms. The van der Waals surface area contributed by atoms with Crippen LogP contribution in [-0.4, -0.2) is 10.1 Å². The molecule has 0 amide bonds. The van der Waals surface area contributed by atoms with E-state index in [1.54, 1.807) is 11.3 Å². The SMILES string of the molecule is Cc1ncc(C(O)CC2CC3CCC2C3)s1. The first-order valence-corrected chi connectivity index (χ1v) is 7.14. The van der Waals surface area contributed by atoms with E-state index in [1.165, 1.54) is 25.7 Å². The van der Waals surface area contributed by atoms with Crippen LogP contribution in [0.3, 0.4) is 0 Å². The van der Waals surface area contributed by atoms with Gasteiger partial charge in [0.25, 0.3) is 0 Å². The molecule has 3 heteroatoms. The Kier molecular flexibility index (Phi) is 2.76. The monoisotopic (exact) mass is 237 g/mol. The summed E-state index contributed by atoms with van der Waals surface area (Å²) in [6.07, 6.45) is 8.18. The van der Waals surface area contributed by atoms with Crippen molar-refractivity contribution >= 4 is 11.3 Å². The van der Waals surface area contributed by atoms with E-state index in [2.05, 4.69) is 4.98 Å². The van der Waals surface area contributed by atoms with Crippen molar-refractivity contribution in [2.75, 3.05) is 0 Å². The average Bonchev–Trinajstić information content (AvgIpc) is 2.92. The number of fused-ring (bicyclic) bond motifs is 2. The highest BCUT2D eigenvalue weighted by Crippen LogP contribution is 2.51. The van der Waals surface area contributed by atoms with Crippen LogP contribution in [0.1, 0.15) is 48.1 Å². The van der Waals surface area contributed by atoms with E-state index in [0.717, 1.165) is 34.1 Å². The topological polar surface area (TPSA) is 33.1 Å². The van der Waals surface area contributed by atoms with Crippen LogP contribution < -0.4 is 0 Å². The molecule has 2 aliphatic rings. The fraction of sp³-hybridized carbons (Fsp3) is 0.769. The van der Waals surface area contributed by atoms with E-state index in [9.17, 15) is 5.11 Å². The van der Waals surface area contributed by atoms with Crippen molar-refractivity contribution in [1.82, 2.24) is 4.98 Å². The Hall–Kier alpha value is -0.410. The molecule has 1 heterocycles. The molecule has 0 radical (unpaired) electrons. The lowest BCUT2D eigenvalue weighted by Crippen LogP contribution is -2.13. The molecule has 2 saturated carbocycles. The zero-order valence-electron chi connectivity index (χ0n) is 9.72. The van der Waals surface area contributed by atoms with Gasteiger partial charge in [0.05, 0.1) is 16.0 Å². The Bertz CT molecular complexity index is 376. The van der Waals surface area contributed by atoms with Crippen LogP contribution in [0.4, 0.5) is 0 Å². The first-order valence-electron chi connectivity index (χ1n) is 6.32. The van der Waals surface area contributed by atoms with E-state index in [4.69, 9.17) is 0 Å². The number of aliphatic hydroxyl groups is 1. The number of thiazole rings is 1. The number of rotatable bonds is 3. The Morgan fingerprint density at radius 2 is 2.38 bits per heavy atom. The van der Waals surface area contributed by atoms with Crippen molar-refractivity contribution in [1.29, 1.82) is 0 Å². The first-order chi connectivity index (χ1) is 7.72. The molecule has 16 heavy (non-hydrogen) atoms. The third-order valence-electron chi connectivity index (χ3n) is 4.38. The van der Waals surface area contributed by atoms with E-state index < -0.39 is 0 Å². The number of aromatic nitrogens is 1. The van der Waals surface area contributed by atoms with Gasteiger partial charge in [0.2, 0.25) is 0 Å². The first kappa shape index (κ1) is 10.7. The van der Waals surface area contributed by atoms with Crippen molar-refractivity contribution in [2.24, 2.45) is 17.8 Å². The third-order valence-corrected chi connectivity index (χ3v) is 5.39. The maximum Gasteiger partial charge on any atom is 0.0900 e. The zero-order valence-corrected chi connectivity index (χ0v) is 10.5. The summed E-state index contributed by atoms with van der Waals surface area (Å²) in [6, 6.07) is 0. The second-order valence-corrected chi connectivity index (χ2v) is 6.73. The number of aliphatic hydroxyl groups excluding tert-OH is 1. The average molecular weight is 237 g/mol. The fourth-order valence-electron chi connectivity index (χ4n) is 3.60. The lowest BCUT2D eigenvalue weighted by molar-refractivity contribution is 0.128. The summed E-state index contributed by atoms with van der Waals surface area (Å²) < 4.78 is 0. The Morgan fingerprint density at radius 1 is 1.50 bits per heavy atom. The van der Waals surface area contributed by atoms with Gasteiger partial charge in [-0.2, -0.15) is 0 Å². The number of hydrogen-bond acceptors (Lipinski definition) is 3. The Balaban J connectivity index is 1.62. The maximum absolute atomic E-state index is 10.2. The number of nitrogens with zero attached hydrogens (tertiary/aromatic N) is 1. The van der Waals surface area contributed by atoms with Gasteiger partial charge in [-0.05, 0) is 50.4 Å². The predicted molar refractivity (Wildman–Crippen MR) is 65.4 cm³/mol. The molecule has 2 nitrogen and oxygen atoms in total. The van der Waals surface area contributed by atoms with E-state index in [0.29, 0.717) is 0 Å². The highest BCUT2D eigenvalue weighted by atomic mass is 32.1. The van der Waals surface area contributed by atoms with Crippen molar-refractivity contribution in [3.63, 3.8) is 0 Å². The molecule has 2 fully saturated rings. The van der Waals surface area contributed by atoms with Gasteiger partial charge in [0.1, 0.15) is 0 Å². The van der Waals surface area contributed by atoms with Crippen LogP contribution >= 0.6 is 11.3 Å². The summed E-state index contributed by atoms with van der Waals surface area (Å²) >= 11 is 1.64. The largest absolute Gasteiger partial charge is 0.388 e. The summed E-state index contributed by atoms with van der Waals surface area (Å²) in [7, 11) is 0. The molecule has 0 aliphatic heterocycles. The zero-order chi connectivity index (χ0) is 11.1. The standard InChI is InChI=1S/C13H19NOS/c1-8-14-7-13(16-8)12(15)6-11-5-9-2-3-10(11)4-9/h7,9-12,15H,2-6H2,1H3. The molecular weight excluding hydrogens is 218 g/mol. The summed E-state index contributed by atoms with van der Waals surface area (Å²) in [5.41, 5.74) is 0. The van der Waals surface area contributed by atoms with Gasteiger partial charge in [-0.25, -0.2) is 4.98 Å². The van der Waals surface area contributed by atoms with E-state index >= 15 is 0 Å². The lowest BCUT2D eigenvalue weighted by Gasteiger charge is -2.23. The van der Waals surface area contributed by atoms with Crippen molar-refractivity contribution in [3.8, 4) is 0 Å². The predicted octanol–water partition coefficient (Wildman–Crippen LogP) is 3.31. The minimum Gasteiger partial charge on any atom is -0.388 e. The smallest absolute Gasteiger partial charge is 0.0900 e. The van der Waals surface area contributed by atoms with E-state index in [-0.39, 0.29) is 6.10 Å². The lowest BCUT2D eigenvalue weighted by atomic mass is 9.85. The minimum atomic E-state index is -0.268. The molecule has 2 aliphatic carbocycles. The van der Waals surface area contributed by atoms with Gasteiger partial charge in [-0.15, -0.1) is 11.3 Å². The minimum absolute atomic E-state index is 0.268. The molecule has 0 aromatic carbocycles. The molecule has 1 aromatic rings. The fourth-order valence-corrected chi connectivity index (χ4v) is 4.38. The highest BCUT2D eigenvalue weighted by Gasteiger charge is 2.40. The third kappa shape index (κ3) is 1.91. The van der Waals surface area contributed by atoms with Gasteiger partial charge < -0.3 is 5.11 Å². The molecule has 1 N–H and O–H groups in total. The number of aryl methyl sites for hydroxylation is 1. The van der Waals surface area contributed by atoms with Crippen LogP contribution in [0.5, 0.6) is 0 Å². The van der Waals surface area contributed by atoms with Crippen molar-refractivity contribution in [3.05, 3.63) is 16.1 Å². The molecule has 1 aromatic heterocycles. The van der Waals surface area contributed by atoms with Crippen molar-refractivity contribution in [2.45, 2.75) is 45.1 Å².